The summed E-state index contributed by atoms with van der Waals surface area (Å²) in [6, 6.07) is 26.0. The lowest BCUT2D eigenvalue weighted by atomic mass is 10.1. The number of hydrogen-bond acceptors (Lipinski definition) is 5. The number of aliphatic imine (C=N–C) groups is 2. The summed E-state index contributed by atoms with van der Waals surface area (Å²) in [5, 5.41) is 0. The van der Waals surface area contributed by atoms with E-state index in [9.17, 15) is 0 Å². The molecule has 0 bridgehead atoms. The van der Waals surface area contributed by atoms with E-state index in [1.165, 1.54) is 0 Å². The Morgan fingerprint density at radius 2 is 1.21 bits per heavy atom. The predicted octanol–water partition coefficient (Wildman–Crippen LogP) is 11.2. The molecule has 9 heteroatoms. The second kappa shape index (κ2) is 17.7. The number of hydrogen-bond donors (Lipinski definition) is 0. The number of para-hydroxylation sites is 1. The van der Waals surface area contributed by atoms with Gasteiger partial charge < -0.3 is 14.2 Å². The van der Waals surface area contributed by atoms with E-state index >= 15 is 0 Å². The summed E-state index contributed by atoms with van der Waals surface area (Å²) in [5.41, 5.74) is 4.26. The zero-order valence-corrected chi connectivity index (χ0v) is 31.0. The van der Waals surface area contributed by atoms with Crippen LogP contribution < -0.4 is 14.2 Å². The molecule has 0 N–H and O–H groups in total. The number of benzene rings is 4. The highest BCUT2D eigenvalue weighted by atomic mass is 79.9. The standard InChI is InChI=1S/C17H17Br2NO2.C17H17Br2NO/c1-11(14-6-5-13(18)9-15(14)19)20-10-12-4-7-16(21-2)17(8-12)22-3;1-3-21-17-7-5-4-6-13(17)11-20-12(2)15-9-8-14(18)10-16(15)19/h4-11H,1-3H3;4-12H,3H2,1-2H3. The van der Waals surface area contributed by atoms with Gasteiger partial charge in [0.15, 0.2) is 11.5 Å². The summed E-state index contributed by atoms with van der Waals surface area (Å²) >= 11 is 14.1. The minimum Gasteiger partial charge on any atom is -0.493 e. The first-order valence-electron chi connectivity index (χ1n) is 13.6. The number of rotatable bonds is 10. The first-order valence-corrected chi connectivity index (χ1v) is 16.7. The van der Waals surface area contributed by atoms with Crippen molar-refractivity contribution < 1.29 is 14.2 Å². The van der Waals surface area contributed by atoms with E-state index in [0.717, 1.165) is 45.9 Å². The van der Waals surface area contributed by atoms with Gasteiger partial charge in [-0.25, -0.2) is 0 Å². The molecule has 0 spiro atoms. The van der Waals surface area contributed by atoms with Crippen LogP contribution in [0.5, 0.6) is 17.2 Å². The number of nitrogens with zero attached hydrogens (tertiary/aromatic N) is 2. The molecule has 43 heavy (non-hydrogen) atoms. The van der Waals surface area contributed by atoms with Gasteiger partial charge >= 0.3 is 0 Å². The van der Waals surface area contributed by atoms with Gasteiger partial charge in [-0.1, -0.05) is 88.0 Å². The largest absolute Gasteiger partial charge is 0.493 e. The van der Waals surface area contributed by atoms with Gasteiger partial charge in [0.05, 0.1) is 32.9 Å². The highest BCUT2D eigenvalue weighted by Gasteiger charge is 2.10. The first kappa shape index (κ1) is 35.0. The lowest BCUT2D eigenvalue weighted by molar-refractivity contribution is 0.340. The van der Waals surface area contributed by atoms with E-state index in [-0.39, 0.29) is 12.1 Å². The second-order valence-corrected chi connectivity index (χ2v) is 12.9. The summed E-state index contributed by atoms with van der Waals surface area (Å²) in [6.45, 7) is 6.77. The van der Waals surface area contributed by atoms with E-state index < -0.39 is 0 Å². The van der Waals surface area contributed by atoms with Crippen LogP contribution in [0.15, 0.2) is 107 Å². The minimum atomic E-state index is 0.0515. The zero-order valence-electron chi connectivity index (χ0n) is 24.7. The van der Waals surface area contributed by atoms with Crippen LogP contribution in [-0.2, 0) is 0 Å². The highest BCUT2D eigenvalue weighted by Crippen LogP contribution is 2.31. The van der Waals surface area contributed by atoms with E-state index in [1.807, 2.05) is 86.1 Å². The van der Waals surface area contributed by atoms with Gasteiger partial charge in [-0.2, -0.15) is 0 Å². The fraction of sp³-hybridized carbons (Fsp3) is 0.235. The Bertz CT molecular complexity index is 1560. The summed E-state index contributed by atoms with van der Waals surface area (Å²) in [4.78, 5) is 9.27. The van der Waals surface area contributed by atoms with Crippen LogP contribution in [0.4, 0.5) is 0 Å². The molecule has 0 aliphatic carbocycles. The Morgan fingerprint density at radius 3 is 1.74 bits per heavy atom. The molecular formula is C34H34Br4N2O3. The van der Waals surface area contributed by atoms with Crippen LogP contribution in [0, 0.1) is 0 Å². The monoisotopic (exact) mass is 834 g/mol. The van der Waals surface area contributed by atoms with Gasteiger partial charge in [-0.3, -0.25) is 9.98 Å². The Kier molecular flexibility index (Phi) is 14.4. The Labute approximate surface area is 288 Å². The summed E-state index contributed by atoms with van der Waals surface area (Å²) < 4.78 is 20.3. The van der Waals surface area contributed by atoms with E-state index in [4.69, 9.17) is 14.2 Å². The van der Waals surface area contributed by atoms with Crippen LogP contribution >= 0.6 is 63.7 Å². The molecule has 0 aliphatic rings. The van der Waals surface area contributed by atoms with Crippen molar-refractivity contribution >= 4 is 76.1 Å². The van der Waals surface area contributed by atoms with Crippen LogP contribution in [-0.4, -0.2) is 33.3 Å². The molecule has 226 valence electrons. The van der Waals surface area contributed by atoms with Gasteiger partial charge in [0.1, 0.15) is 5.75 Å². The molecule has 0 aromatic heterocycles. The average molecular weight is 838 g/mol. The summed E-state index contributed by atoms with van der Waals surface area (Å²) in [5.74, 6) is 2.28. The third-order valence-electron chi connectivity index (χ3n) is 6.34. The maximum absolute atomic E-state index is 5.61. The number of halogens is 4. The fourth-order valence-corrected chi connectivity index (χ4v) is 6.80. The van der Waals surface area contributed by atoms with Crippen LogP contribution in [0.1, 0.15) is 55.1 Å². The summed E-state index contributed by atoms with van der Waals surface area (Å²) in [7, 11) is 3.25. The normalized spacial score (nSPS) is 12.5. The molecule has 0 fully saturated rings. The van der Waals surface area contributed by atoms with Gasteiger partial charge in [0.25, 0.3) is 0 Å². The third kappa shape index (κ3) is 10.6. The van der Waals surface area contributed by atoms with Crippen molar-refractivity contribution in [2.24, 2.45) is 9.98 Å². The highest BCUT2D eigenvalue weighted by molar-refractivity contribution is 9.11. The van der Waals surface area contributed by atoms with E-state index in [0.29, 0.717) is 18.1 Å². The number of methoxy groups -OCH3 is 2. The third-order valence-corrected chi connectivity index (χ3v) is 8.70. The molecule has 0 radical (unpaired) electrons. The second-order valence-electron chi connectivity index (χ2n) is 9.33. The predicted molar refractivity (Wildman–Crippen MR) is 193 cm³/mol. The molecule has 0 aliphatic heterocycles. The minimum absolute atomic E-state index is 0.0515. The SMILES string of the molecule is CCOc1ccccc1C=NC(C)c1ccc(Br)cc1Br.COc1ccc(C=NC(C)c2ccc(Br)cc2Br)cc1OC. The first-order chi connectivity index (χ1) is 20.7. The van der Waals surface area contributed by atoms with Crippen molar-refractivity contribution in [3.8, 4) is 17.2 Å². The molecule has 2 atom stereocenters. The van der Waals surface area contributed by atoms with Crippen molar-refractivity contribution in [3.05, 3.63) is 119 Å². The van der Waals surface area contributed by atoms with Gasteiger partial charge in [0.2, 0.25) is 0 Å². The zero-order chi connectivity index (χ0) is 31.4. The van der Waals surface area contributed by atoms with Crippen molar-refractivity contribution in [1.29, 1.82) is 0 Å². The summed E-state index contributed by atoms with van der Waals surface area (Å²) in [6.07, 6.45) is 3.73. The Morgan fingerprint density at radius 1 is 0.651 bits per heavy atom. The topological polar surface area (TPSA) is 52.4 Å². The van der Waals surface area contributed by atoms with Crippen molar-refractivity contribution in [2.75, 3.05) is 20.8 Å². The average Bonchev–Trinajstić information content (AvgIpc) is 2.99. The Hall–Kier alpha value is -2.46. The molecule has 4 rings (SSSR count). The van der Waals surface area contributed by atoms with Crippen LogP contribution in [0.3, 0.4) is 0 Å². The molecule has 5 nitrogen and oxygen atoms in total. The van der Waals surface area contributed by atoms with Crippen molar-refractivity contribution in [1.82, 2.24) is 0 Å². The maximum Gasteiger partial charge on any atom is 0.161 e. The molecule has 0 saturated heterocycles. The molecule has 2 unspecified atom stereocenters. The molecular weight excluding hydrogens is 804 g/mol. The quantitative estimate of drug-likeness (QED) is 0.150. The Balaban J connectivity index is 0.000000236. The van der Waals surface area contributed by atoms with Gasteiger partial charge in [-0.05, 0) is 92.1 Å². The van der Waals surface area contributed by atoms with Gasteiger partial charge in [0, 0.05) is 35.9 Å². The van der Waals surface area contributed by atoms with Gasteiger partial charge in [-0.15, -0.1) is 0 Å². The molecule has 0 heterocycles. The van der Waals surface area contributed by atoms with Crippen LogP contribution in [0.25, 0.3) is 0 Å². The van der Waals surface area contributed by atoms with Crippen molar-refractivity contribution in [2.45, 2.75) is 32.9 Å². The molecule has 0 amide bonds. The molecule has 0 saturated carbocycles. The smallest absolute Gasteiger partial charge is 0.161 e. The van der Waals surface area contributed by atoms with Crippen molar-refractivity contribution in [3.63, 3.8) is 0 Å². The van der Waals surface area contributed by atoms with E-state index in [2.05, 4.69) is 99.7 Å². The number of ether oxygens (including phenoxy) is 3. The molecule has 4 aromatic rings. The van der Waals surface area contributed by atoms with E-state index in [1.54, 1.807) is 14.2 Å². The molecule has 4 aromatic carbocycles. The lowest BCUT2D eigenvalue weighted by Gasteiger charge is -2.10. The lowest BCUT2D eigenvalue weighted by Crippen LogP contribution is -1.97. The maximum atomic E-state index is 5.61. The van der Waals surface area contributed by atoms with Crippen LogP contribution in [0.2, 0.25) is 0 Å². The fourth-order valence-electron chi connectivity index (χ4n) is 4.04.